The van der Waals surface area contributed by atoms with Gasteiger partial charge in [-0.15, -0.1) is 0 Å². The summed E-state index contributed by atoms with van der Waals surface area (Å²) in [6.45, 7) is 4.67. The Hall–Kier alpha value is -2.89. The van der Waals surface area contributed by atoms with Crippen LogP contribution in [0, 0.1) is 11.7 Å². The number of urea groups is 1. The number of benzene rings is 2. The van der Waals surface area contributed by atoms with Crippen LogP contribution in [-0.4, -0.2) is 30.6 Å². The third kappa shape index (κ3) is 4.16. The van der Waals surface area contributed by atoms with Gasteiger partial charge < -0.3 is 15.0 Å². The molecule has 1 heterocycles. The first-order valence-corrected chi connectivity index (χ1v) is 9.37. The number of nitrogens with zero attached hydrogens (tertiary/aromatic N) is 1. The van der Waals surface area contributed by atoms with Gasteiger partial charge in [-0.2, -0.15) is 0 Å². The Morgan fingerprint density at radius 2 is 1.82 bits per heavy atom. The van der Waals surface area contributed by atoms with Gasteiger partial charge in [0, 0.05) is 13.1 Å². The highest BCUT2D eigenvalue weighted by molar-refractivity contribution is 5.82. The van der Waals surface area contributed by atoms with Gasteiger partial charge in [0.2, 0.25) is 0 Å². The van der Waals surface area contributed by atoms with Gasteiger partial charge in [0.05, 0.1) is 19.1 Å². The third-order valence-electron chi connectivity index (χ3n) is 5.14. The van der Waals surface area contributed by atoms with Crippen LogP contribution in [0.2, 0.25) is 0 Å². The summed E-state index contributed by atoms with van der Waals surface area (Å²) in [5.74, 6) is -1.07. The van der Waals surface area contributed by atoms with Crippen molar-refractivity contribution in [1.82, 2.24) is 10.2 Å². The number of nitrogens with one attached hydrogen (secondary N) is 1. The largest absolute Gasteiger partial charge is 0.468 e. The molecule has 1 aliphatic heterocycles. The van der Waals surface area contributed by atoms with Gasteiger partial charge in [-0.3, -0.25) is 4.79 Å². The van der Waals surface area contributed by atoms with E-state index in [1.807, 2.05) is 38.1 Å². The quantitative estimate of drug-likeness (QED) is 0.811. The van der Waals surface area contributed by atoms with Crippen LogP contribution in [0.4, 0.5) is 9.18 Å². The lowest BCUT2D eigenvalue weighted by Crippen LogP contribution is -2.47. The average molecular weight is 384 g/mol. The Labute approximate surface area is 164 Å². The van der Waals surface area contributed by atoms with E-state index < -0.39 is 5.92 Å². The van der Waals surface area contributed by atoms with E-state index in [2.05, 4.69) is 5.32 Å². The zero-order valence-electron chi connectivity index (χ0n) is 16.3. The summed E-state index contributed by atoms with van der Waals surface area (Å²) >= 11 is 0. The number of amides is 2. The van der Waals surface area contributed by atoms with E-state index in [0.29, 0.717) is 6.54 Å². The monoisotopic (exact) mass is 384 g/mol. The van der Waals surface area contributed by atoms with Crippen LogP contribution in [0.25, 0.3) is 0 Å². The first-order valence-electron chi connectivity index (χ1n) is 9.37. The summed E-state index contributed by atoms with van der Waals surface area (Å²) in [5, 5.41) is 3.04. The number of hydrogen-bond acceptors (Lipinski definition) is 3. The molecule has 6 heteroatoms. The number of carbonyl (C=O) groups excluding carboxylic acids is 2. The Kier molecular flexibility index (Phi) is 5.97. The fourth-order valence-electron chi connectivity index (χ4n) is 3.63. The highest BCUT2D eigenvalue weighted by atomic mass is 19.1. The molecule has 0 bridgehead atoms. The first kappa shape index (κ1) is 19.9. The standard InChI is InChI=1S/C22H25FN2O3/c1-14(2)20(15-8-10-17(23)11-9-15)24-22(27)25-12-16-6-4-5-7-18(16)19(13-25)21(26)28-3/h4-11,14,19-20H,12-13H2,1-3H3,(H,24,27). The molecule has 2 aromatic carbocycles. The van der Waals surface area contributed by atoms with Gasteiger partial charge in [-0.25, -0.2) is 9.18 Å². The number of halogens is 1. The van der Waals surface area contributed by atoms with E-state index in [4.69, 9.17) is 4.74 Å². The molecule has 1 aliphatic rings. The van der Waals surface area contributed by atoms with Crippen molar-refractivity contribution in [3.05, 3.63) is 71.0 Å². The zero-order chi connectivity index (χ0) is 20.3. The van der Waals surface area contributed by atoms with Crippen molar-refractivity contribution in [2.45, 2.75) is 32.4 Å². The Bertz CT molecular complexity index is 851. The Balaban J connectivity index is 1.81. The van der Waals surface area contributed by atoms with E-state index in [1.54, 1.807) is 17.0 Å². The highest BCUT2D eigenvalue weighted by Crippen LogP contribution is 2.30. The molecule has 0 radical (unpaired) electrons. The molecule has 2 atom stereocenters. The van der Waals surface area contributed by atoms with Gasteiger partial charge in [-0.05, 0) is 34.7 Å². The van der Waals surface area contributed by atoms with Crippen LogP contribution in [-0.2, 0) is 16.1 Å². The molecule has 0 aromatic heterocycles. The first-order chi connectivity index (χ1) is 13.4. The Morgan fingerprint density at radius 3 is 2.46 bits per heavy atom. The summed E-state index contributed by atoms with van der Waals surface area (Å²) in [6.07, 6.45) is 0. The maximum atomic E-state index is 13.3. The molecule has 2 unspecified atom stereocenters. The number of esters is 1. The molecule has 0 saturated heterocycles. The van der Waals surface area contributed by atoms with Gasteiger partial charge in [-0.1, -0.05) is 50.2 Å². The molecule has 0 spiro atoms. The maximum absolute atomic E-state index is 13.3. The SMILES string of the molecule is COC(=O)C1CN(C(=O)NC(c2ccc(F)cc2)C(C)C)Cc2ccccc21. The number of carbonyl (C=O) groups is 2. The van der Waals surface area contributed by atoms with E-state index >= 15 is 0 Å². The normalized spacial score (nSPS) is 17.0. The molecular formula is C22H25FN2O3. The van der Waals surface area contributed by atoms with Crippen LogP contribution in [0.1, 0.15) is 42.5 Å². The van der Waals surface area contributed by atoms with E-state index in [-0.39, 0.29) is 36.3 Å². The molecule has 28 heavy (non-hydrogen) atoms. The lowest BCUT2D eigenvalue weighted by Gasteiger charge is -2.35. The van der Waals surface area contributed by atoms with E-state index in [9.17, 15) is 14.0 Å². The second-order valence-electron chi connectivity index (χ2n) is 7.38. The number of methoxy groups -OCH3 is 1. The van der Waals surface area contributed by atoms with Crippen LogP contribution in [0.3, 0.4) is 0 Å². The second kappa shape index (κ2) is 8.42. The minimum atomic E-state index is -0.510. The van der Waals surface area contributed by atoms with Crippen LogP contribution in [0.5, 0.6) is 0 Å². The fraction of sp³-hybridized carbons (Fsp3) is 0.364. The molecule has 2 aromatic rings. The average Bonchev–Trinajstić information content (AvgIpc) is 2.71. The second-order valence-corrected chi connectivity index (χ2v) is 7.38. The predicted molar refractivity (Wildman–Crippen MR) is 104 cm³/mol. The zero-order valence-corrected chi connectivity index (χ0v) is 16.3. The van der Waals surface area contributed by atoms with Crippen LogP contribution < -0.4 is 5.32 Å². The predicted octanol–water partition coefficient (Wildman–Crippen LogP) is 4.00. The van der Waals surface area contributed by atoms with Gasteiger partial charge in [0.1, 0.15) is 5.82 Å². The minimum absolute atomic E-state index is 0.114. The lowest BCUT2D eigenvalue weighted by molar-refractivity contribution is -0.143. The van der Waals surface area contributed by atoms with Crippen molar-refractivity contribution in [1.29, 1.82) is 0 Å². The van der Waals surface area contributed by atoms with Crippen molar-refractivity contribution in [2.24, 2.45) is 5.92 Å². The van der Waals surface area contributed by atoms with Crippen molar-refractivity contribution in [3.8, 4) is 0 Å². The van der Waals surface area contributed by atoms with Crippen molar-refractivity contribution in [3.63, 3.8) is 0 Å². The number of fused-ring (bicyclic) bond motifs is 1. The van der Waals surface area contributed by atoms with Crippen molar-refractivity contribution in [2.75, 3.05) is 13.7 Å². The minimum Gasteiger partial charge on any atom is -0.468 e. The summed E-state index contributed by atoms with van der Waals surface area (Å²) < 4.78 is 18.2. The maximum Gasteiger partial charge on any atom is 0.318 e. The molecule has 0 aliphatic carbocycles. The molecule has 3 rings (SSSR count). The topological polar surface area (TPSA) is 58.6 Å². The van der Waals surface area contributed by atoms with Crippen LogP contribution >= 0.6 is 0 Å². The summed E-state index contributed by atoms with van der Waals surface area (Å²) in [7, 11) is 1.35. The summed E-state index contributed by atoms with van der Waals surface area (Å²) in [5.41, 5.74) is 2.67. The fourth-order valence-corrected chi connectivity index (χ4v) is 3.63. The van der Waals surface area contributed by atoms with Gasteiger partial charge in [0.15, 0.2) is 0 Å². The molecular weight excluding hydrogens is 359 g/mol. The lowest BCUT2D eigenvalue weighted by atomic mass is 9.90. The van der Waals surface area contributed by atoms with Crippen molar-refractivity contribution < 1.29 is 18.7 Å². The number of rotatable bonds is 4. The molecule has 2 amide bonds. The molecule has 148 valence electrons. The summed E-state index contributed by atoms with van der Waals surface area (Å²) in [6, 6.07) is 13.2. The van der Waals surface area contributed by atoms with Gasteiger partial charge >= 0.3 is 12.0 Å². The molecule has 5 nitrogen and oxygen atoms in total. The molecule has 0 fully saturated rings. The summed E-state index contributed by atoms with van der Waals surface area (Å²) in [4.78, 5) is 26.9. The number of hydrogen-bond donors (Lipinski definition) is 1. The van der Waals surface area contributed by atoms with Crippen molar-refractivity contribution >= 4 is 12.0 Å². The highest BCUT2D eigenvalue weighted by Gasteiger charge is 2.34. The molecule has 1 N–H and O–H groups in total. The number of ether oxygens (including phenoxy) is 1. The third-order valence-corrected chi connectivity index (χ3v) is 5.14. The van der Waals surface area contributed by atoms with E-state index in [1.165, 1.54) is 19.2 Å². The van der Waals surface area contributed by atoms with Gasteiger partial charge in [0.25, 0.3) is 0 Å². The van der Waals surface area contributed by atoms with E-state index in [0.717, 1.165) is 16.7 Å². The Morgan fingerprint density at radius 1 is 1.14 bits per heavy atom. The smallest absolute Gasteiger partial charge is 0.318 e. The molecule has 0 saturated carbocycles. The van der Waals surface area contributed by atoms with Crippen LogP contribution in [0.15, 0.2) is 48.5 Å².